The van der Waals surface area contributed by atoms with Gasteiger partial charge < -0.3 is 22.8 Å². The molecule has 0 bridgehead atoms. The van der Waals surface area contributed by atoms with Gasteiger partial charge in [-0.05, 0) is 52.2 Å². The molecule has 1 aliphatic rings. The molecule has 7 nitrogen and oxygen atoms in total. The van der Waals surface area contributed by atoms with E-state index in [1.54, 1.807) is 11.8 Å². The summed E-state index contributed by atoms with van der Waals surface area (Å²) in [6.07, 6.45) is 6.00. The summed E-state index contributed by atoms with van der Waals surface area (Å²) < 4.78 is 27.2. The second-order valence-corrected chi connectivity index (χ2v) is 8.55. The number of ether oxygens (including phenoxy) is 2. The highest BCUT2D eigenvalue weighted by molar-refractivity contribution is 6.66. The van der Waals surface area contributed by atoms with E-state index in [2.05, 4.69) is 0 Å². The third-order valence-corrected chi connectivity index (χ3v) is 6.97. The Kier molecular flexibility index (Phi) is 9.93. The highest BCUT2D eigenvalue weighted by Gasteiger charge is 2.47. The Morgan fingerprint density at radius 2 is 1.41 bits per heavy atom. The van der Waals surface area contributed by atoms with Crippen LogP contribution in [-0.2, 0) is 32.3 Å². The van der Waals surface area contributed by atoms with Crippen LogP contribution >= 0.6 is 0 Å². The number of allylic oxidation sites excluding steroid dienone is 3. The zero-order valence-electron chi connectivity index (χ0n) is 17.0. The average molecular weight is 401 g/mol. The van der Waals surface area contributed by atoms with Crippen molar-refractivity contribution in [3.8, 4) is 0 Å². The maximum Gasteiger partial charge on any atom is 0.529 e. The fraction of sp³-hybridized carbons (Fsp3) is 0.684. The smallest absolute Gasteiger partial charge is 0.468 e. The zero-order chi connectivity index (χ0) is 20.3. The van der Waals surface area contributed by atoms with Gasteiger partial charge in [-0.1, -0.05) is 17.7 Å². The van der Waals surface area contributed by atoms with Gasteiger partial charge in [0.1, 0.15) is 0 Å². The van der Waals surface area contributed by atoms with Crippen LogP contribution in [0.3, 0.4) is 0 Å². The number of hydrogen-bond donors (Lipinski definition) is 0. The van der Waals surface area contributed by atoms with Gasteiger partial charge in [-0.3, -0.25) is 9.59 Å². The first-order chi connectivity index (χ1) is 12.9. The van der Waals surface area contributed by atoms with Gasteiger partial charge in [-0.2, -0.15) is 0 Å². The Hall–Kier alpha value is -1.48. The molecule has 0 amide bonds. The third kappa shape index (κ3) is 6.56. The first-order valence-corrected chi connectivity index (χ1v) is 11.2. The first-order valence-electron chi connectivity index (χ1n) is 9.37. The predicted octanol–water partition coefficient (Wildman–Crippen LogP) is 2.96. The van der Waals surface area contributed by atoms with Crippen molar-refractivity contribution in [2.75, 3.05) is 34.0 Å². The lowest BCUT2D eigenvalue weighted by Gasteiger charge is -2.27. The molecule has 8 heteroatoms. The van der Waals surface area contributed by atoms with Gasteiger partial charge in [0.15, 0.2) is 5.41 Å². The molecular formula is C19H32O7Si. The fourth-order valence-electron chi connectivity index (χ4n) is 2.76. The molecule has 154 valence electrons. The monoisotopic (exact) mass is 400 g/mol. The molecule has 0 aromatic heterocycles. The van der Waals surface area contributed by atoms with Crippen LogP contribution < -0.4 is 0 Å². The van der Waals surface area contributed by atoms with E-state index < -0.39 is 26.2 Å². The van der Waals surface area contributed by atoms with E-state index >= 15 is 0 Å². The molecule has 0 saturated heterocycles. The van der Waals surface area contributed by atoms with E-state index in [0.717, 1.165) is 12.8 Å². The summed E-state index contributed by atoms with van der Waals surface area (Å²) in [5.74, 6) is -1.24. The molecule has 1 rings (SSSR count). The lowest BCUT2D eigenvalue weighted by atomic mass is 9.80. The van der Waals surface area contributed by atoms with Crippen molar-refractivity contribution in [1.29, 1.82) is 0 Å². The van der Waals surface area contributed by atoms with Gasteiger partial charge in [-0.25, -0.2) is 0 Å². The molecule has 1 saturated carbocycles. The summed E-state index contributed by atoms with van der Waals surface area (Å²) in [6, 6.07) is 0. The summed E-state index contributed by atoms with van der Waals surface area (Å²) >= 11 is 0. The average Bonchev–Trinajstić information content (AvgIpc) is 3.48. The first kappa shape index (κ1) is 23.6. The van der Waals surface area contributed by atoms with Crippen LogP contribution in [0.15, 0.2) is 23.4 Å². The minimum Gasteiger partial charge on any atom is -0.468 e. The van der Waals surface area contributed by atoms with Crippen LogP contribution in [0.2, 0.25) is 0 Å². The van der Waals surface area contributed by atoms with Crippen molar-refractivity contribution >= 4 is 20.7 Å². The topological polar surface area (TPSA) is 80.3 Å². The number of methoxy groups -OCH3 is 2. The number of esters is 2. The van der Waals surface area contributed by atoms with Crippen LogP contribution in [0.5, 0.6) is 0 Å². The Bertz CT molecular complexity index is 517. The molecule has 27 heavy (non-hydrogen) atoms. The van der Waals surface area contributed by atoms with Crippen molar-refractivity contribution in [3.63, 3.8) is 0 Å². The lowest BCUT2D eigenvalue weighted by molar-refractivity contribution is -0.168. The molecule has 0 aromatic carbocycles. The molecule has 0 unspecified atom stereocenters. The maximum atomic E-state index is 12.5. The highest BCUT2D eigenvalue weighted by atomic mass is 28.4. The lowest BCUT2D eigenvalue weighted by Crippen LogP contribution is -2.45. The van der Waals surface area contributed by atoms with Gasteiger partial charge in [0.25, 0.3) is 0 Å². The van der Waals surface area contributed by atoms with Crippen LogP contribution in [-0.4, -0.2) is 54.8 Å². The Balaban J connectivity index is 3.13. The molecule has 0 radical (unpaired) electrons. The molecule has 0 aromatic rings. The Labute approximate surface area is 163 Å². The van der Waals surface area contributed by atoms with E-state index in [-0.39, 0.29) is 12.8 Å². The Morgan fingerprint density at radius 3 is 1.78 bits per heavy atom. The third-order valence-electron chi connectivity index (χ3n) is 4.25. The summed E-state index contributed by atoms with van der Waals surface area (Å²) in [6.45, 7) is 6.89. The van der Waals surface area contributed by atoms with Crippen molar-refractivity contribution in [1.82, 2.24) is 0 Å². The largest absolute Gasteiger partial charge is 0.529 e. The quantitative estimate of drug-likeness (QED) is 0.203. The van der Waals surface area contributed by atoms with E-state index in [4.69, 9.17) is 22.8 Å². The van der Waals surface area contributed by atoms with E-state index in [0.29, 0.717) is 19.8 Å². The molecule has 1 aliphatic carbocycles. The SMILES string of the molecule is CCO[Si](/C=C/CC(CC=C1CC1)(C(=O)OC)C(=O)OC)(OCC)OCC. The number of carbonyl (C=O) groups excluding carboxylic acids is 2. The molecule has 0 aliphatic heterocycles. The number of rotatable bonds is 13. The van der Waals surface area contributed by atoms with Gasteiger partial charge in [-0.15, -0.1) is 0 Å². The van der Waals surface area contributed by atoms with Gasteiger partial charge in [0.05, 0.1) is 14.2 Å². The summed E-state index contributed by atoms with van der Waals surface area (Å²) in [5, 5.41) is 0. The standard InChI is InChI=1S/C19H32O7Si/c1-6-24-27(25-7-2,26-8-3)15-9-13-19(17(20)22-4,18(21)23-5)14-12-16-10-11-16/h9,12,15H,6-8,10-11,13-14H2,1-5H3/b15-9+. The van der Waals surface area contributed by atoms with Gasteiger partial charge in [0, 0.05) is 19.8 Å². The minimum absolute atomic E-state index is 0.109. The number of carbonyl (C=O) groups is 2. The Morgan fingerprint density at radius 1 is 0.926 bits per heavy atom. The van der Waals surface area contributed by atoms with Crippen LogP contribution in [0.4, 0.5) is 0 Å². The van der Waals surface area contributed by atoms with Gasteiger partial charge >= 0.3 is 20.7 Å². The molecule has 0 spiro atoms. The molecular weight excluding hydrogens is 368 g/mol. The second-order valence-electron chi connectivity index (χ2n) is 6.14. The molecule has 0 atom stereocenters. The summed E-state index contributed by atoms with van der Waals surface area (Å²) in [4.78, 5) is 25.1. The van der Waals surface area contributed by atoms with E-state index in [1.165, 1.54) is 19.8 Å². The van der Waals surface area contributed by atoms with Gasteiger partial charge in [0.2, 0.25) is 0 Å². The van der Waals surface area contributed by atoms with Crippen molar-refractivity contribution < 1.29 is 32.3 Å². The number of hydrogen-bond acceptors (Lipinski definition) is 7. The minimum atomic E-state index is -3.02. The summed E-state index contributed by atoms with van der Waals surface area (Å²) in [5.41, 5.74) is 1.53. The van der Waals surface area contributed by atoms with Crippen molar-refractivity contribution in [2.24, 2.45) is 5.41 Å². The fourth-order valence-corrected chi connectivity index (χ4v) is 4.92. The van der Waals surface area contributed by atoms with Crippen molar-refractivity contribution in [3.05, 3.63) is 23.4 Å². The van der Waals surface area contributed by atoms with Crippen LogP contribution in [0.25, 0.3) is 0 Å². The molecule has 1 fully saturated rings. The summed E-state index contributed by atoms with van der Waals surface area (Å²) in [7, 11) is -0.475. The second kappa shape index (κ2) is 11.4. The van der Waals surface area contributed by atoms with Crippen LogP contribution in [0, 0.1) is 5.41 Å². The molecule has 0 N–H and O–H groups in total. The molecule has 0 heterocycles. The maximum absolute atomic E-state index is 12.5. The van der Waals surface area contributed by atoms with Crippen molar-refractivity contribution in [2.45, 2.75) is 46.5 Å². The van der Waals surface area contributed by atoms with E-state index in [1.807, 2.05) is 26.8 Å². The normalized spacial score (nSPS) is 14.3. The predicted molar refractivity (Wildman–Crippen MR) is 103 cm³/mol. The highest BCUT2D eigenvalue weighted by Crippen LogP contribution is 2.36. The zero-order valence-corrected chi connectivity index (χ0v) is 18.0. The van der Waals surface area contributed by atoms with Crippen LogP contribution in [0.1, 0.15) is 46.5 Å². The van der Waals surface area contributed by atoms with E-state index in [9.17, 15) is 9.59 Å².